The lowest BCUT2D eigenvalue weighted by Crippen LogP contribution is -2.41. The van der Waals surface area contributed by atoms with Crippen LogP contribution in [0.4, 0.5) is 0 Å². The highest BCUT2D eigenvalue weighted by Crippen LogP contribution is 2.17. The van der Waals surface area contributed by atoms with Crippen molar-refractivity contribution < 1.29 is 9.90 Å². The van der Waals surface area contributed by atoms with Gasteiger partial charge in [-0.1, -0.05) is 0 Å². The zero-order valence-electron chi connectivity index (χ0n) is 9.04. The summed E-state index contributed by atoms with van der Waals surface area (Å²) in [6.07, 6.45) is 6.47. The van der Waals surface area contributed by atoms with Crippen molar-refractivity contribution in [2.24, 2.45) is 5.92 Å². The third-order valence-corrected chi connectivity index (χ3v) is 2.85. The summed E-state index contributed by atoms with van der Waals surface area (Å²) in [5.74, 6) is 0.112. The fourth-order valence-corrected chi connectivity index (χ4v) is 1.97. The Balaban J connectivity index is 2.05. The van der Waals surface area contributed by atoms with Crippen LogP contribution < -0.4 is 0 Å². The predicted octanol–water partition coefficient (Wildman–Crippen LogP) is 0.321. The van der Waals surface area contributed by atoms with Crippen LogP contribution in [0.1, 0.15) is 23.3 Å². The first-order valence-electron chi connectivity index (χ1n) is 5.47. The predicted molar refractivity (Wildman–Crippen MR) is 57.7 cm³/mol. The molecule has 1 amide bonds. The van der Waals surface area contributed by atoms with E-state index in [1.165, 1.54) is 12.4 Å². The molecule has 5 nitrogen and oxygen atoms in total. The average Bonchev–Trinajstić information content (AvgIpc) is 2.39. The van der Waals surface area contributed by atoms with Crippen molar-refractivity contribution in [3.05, 3.63) is 24.3 Å². The van der Waals surface area contributed by atoms with Gasteiger partial charge in [0.1, 0.15) is 5.69 Å². The quantitative estimate of drug-likeness (QED) is 0.781. The second kappa shape index (κ2) is 5.03. The number of hydrogen-bond acceptors (Lipinski definition) is 4. The number of rotatable bonds is 2. The third-order valence-electron chi connectivity index (χ3n) is 2.85. The molecule has 16 heavy (non-hydrogen) atoms. The number of amides is 1. The summed E-state index contributed by atoms with van der Waals surface area (Å²) < 4.78 is 0. The van der Waals surface area contributed by atoms with Gasteiger partial charge in [-0.05, 0) is 18.8 Å². The van der Waals surface area contributed by atoms with Gasteiger partial charge in [-0.3, -0.25) is 9.78 Å². The van der Waals surface area contributed by atoms with Gasteiger partial charge in [-0.25, -0.2) is 4.98 Å². The lowest BCUT2D eigenvalue weighted by Gasteiger charge is -2.31. The van der Waals surface area contributed by atoms with E-state index in [4.69, 9.17) is 5.11 Å². The van der Waals surface area contributed by atoms with E-state index in [1.807, 2.05) is 0 Å². The highest BCUT2D eigenvalue weighted by molar-refractivity contribution is 5.92. The summed E-state index contributed by atoms with van der Waals surface area (Å²) >= 11 is 0. The van der Waals surface area contributed by atoms with Gasteiger partial charge in [-0.15, -0.1) is 0 Å². The number of aliphatic hydroxyl groups is 1. The summed E-state index contributed by atoms with van der Waals surface area (Å²) in [5.41, 5.74) is 0.376. The van der Waals surface area contributed by atoms with Crippen LogP contribution in [0.3, 0.4) is 0 Å². The van der Waals surface area contributed by atoms with Gasteiger partial charge in [0.15, 0.2) is 0 Å². The Morgan fingerprint density at radius 3 is 3.12 bits per heavy atom. The maximum Gasteiger partial charge on any atom is 0.274 e. The number of carbonyl (C=O) groups excluding carboxylic acids is 1. The Kier molecular flexibility index (Phi) is 3.46. The second-order valence-corrected chi connectivity index (χ2v) is 4.03. The van der Waals surface area contributed by atoms with Crippen LogP contribution in [0.25, 0.3) is 0 Å². The molecule has 1 aliphatic heterocycles. The van der Waals surface area contributed by atoms with Crippen molar-refractivity contribution in [2.75, 3.05) is 19.7 Å². The number of nitrogens with zero attached hydrogens (tertiary/aromatic N) is 3. The molecular formula is C11H15N3O2. The number of piperidine rings is 1. The summed E-state index contributed by atoms with van der Waals surface area (Å²) in [6.45, 7) is 1.50. The van der Waals surface area contributed by atoms with E-state index in [-0.39, 0.29) is 18.4 Å². The lowest BCUT2D eigenvalue weighted by molar-refractivity contribution is 0.0614. The van der Waals surface area contributed by atoms with Crippen molar-refractivity contribution in [3.63, 3.8) is 0 Å². The maximum atomic E-state index is 12.0. The number of likely N-dealkylation sites (tertiary alicyclic amines) is 1. The van der Waals surface area contributed by atoms with E-state index in [1.54, 1.807) is 11.1 Å². The summed E-state index contributed by atoms with van der Waals surface area (Å²) in [7, 11) is 0. The Bertz CT molecular complexity index is 356. The van der Waals surface area contributed by atoms with Crippen LogP contribution in [0.15, 0.2) is 18.6 Å². The van der Waals surface area contributed by atoms with E-state index in [9.17, 15) is 4.79 Å². The van der Waals surface area contributed by atoms with Gasteiger partial charge in [0.05, 0.1) is 6.20 Å². The lowest BCUT2D eigenvalue weighted by atomic mass is 9.99. The molecule has 0 spiro atoms. The van der Waals surface area contributed by atoms with Crippen LogP contribution >= 0.6 is 0 Å². The summed E-state index contributed by atoms with van der Waals surface area (Å²) in [6, 6.07) is 0. The van der Waals surface area contributed by atoms with Gasteiger partial charge >= 0.3 is 0 Å². The second-order valence-electron chi connectivity index (χ2n) is 4.03. The highest BCUT2D eigenvalue weighted by Gasteiger charge is 2.24. The first-order valence-corrected chi connectivity index (χ1v) is 5.47. The van der Waals surface area contributed by atoms with Crippen molar-refractivity contribution in [1.82, 2.24) is 14.9 Å². The van der Waals surface area contributed by atoms with Crippen LogP contribution in [0, 0.1) is 5.92 Å². The molecule has 1 aromatic rings. The first-order chi connectivity index (χ1) is 7.81. The molecule has 0 radical (unpaired) electrons. The van der Waals surface area contributed by atoms with Gasteiger partial charge in [0.25, 0.3) is 5.91 Å². The fraction of sp³-hybridized carbons (Fsp3) is 0.545. The van der Waals surface area contributed by atoms with Crippen LogP contribution in [0.2, 0.25) is 0 Å². The molecule has 0 aromatic carbocycles. The molecule has 1 aromatic heterocycles. The number of hydrogen-bond donors (Lipinski definition) is 1. The zero-order valence-corrected chi connectivity index (χ0v) is 9.04. The minimum absolute atomic E-state index is 0.0914. The molecule has 1 N–H and O–H groups in total. The van der Waals surface area contributed by atoms with Crippen LogP contribution in [0.5, 0.6) is 0 Å². The van der Waals surface area contributed by atoms with Crippen molar-refractivity contribution in [1.29, 1.82) is 0 Å². The van der Waals surface area contributed by atoms with Crippen molar-refractivity contribution >= 4 is 5.91 Å². The molecule has 1 atom stereocenters. The normalized spacial score (nSPS) is 20.8. The molecule has 0 bridgehead atoms. The van der Waals surface area contributed by atoms with Crippen molar-refractivity contribution in [3.8, 4) is 0 Å². The maximum absolute atomic E-state index is 12.0. The Morgan fingerprint density at radius 2 is 2.44 bits per heavy atom. The molecule has 86 valence electrons. The number of aromatic nitrogens is 2. The smallest absolute Gasteiger partial charge is 0.274 e. The van der Waals surface area contributed by atoms with Crippen LogP contribution in [-0.2, 0) is 0 Å². The first kappa shape index (κ1) is 11.0. The monoisotopic (exact) mass is 221 g/mol. The van der Waals surface area contributed by atoms with E-state index < -0.39 is 0 Å². The standard InChI is InChI=1S/C11H15N3O2/c15-8-9-2-1-5-14(7-9)11(16)10-6-12-3-4-13-10/h3-4,6,9,15H,1-2,5,7-8H2/t9-/m1/s1. The molecule has 0 unspecified atom stereocenters. The molecule has 2 heterocycles. The average molecular weight is 221 g/mol. The SMILES string of the molecule is O=C(c1cnccn1)N1CCC[C@@H](CO)C1. The van der Waals surface area contributed by atoms with E-state index in [0.29, 0.717) is 12.2 Å². The largest absolute Gasteiger partial charge is 0.396 e. The molecule has 1 saturated heterocycles. The highest BCUT2D eigenvalue weighted by atomic mass is 16.3. The van der Waals surface area contributed by atoms with E-state index >= 15 is 0 Å². The Morgan fingerprint density at radius 1 is 1.56 bits per heavy atom. The van der Waals surface area contributed by atoms with Crippen molar-refractivity contribution in [2.45, 2.75) is 12.8 Å². The van der Waals surface area contributed by atoms with Gasteiger partial charge in [-0.2, -0.15) is 0 Å². The minimum Gasteiger partial charge on any atom is -0.396 e. The minimum atomic E-state index is -0.0914. The number of aliphatic hydroxyl groups excluding tert-OH is 1. The molecule has 0 saturated carbocycles. The van der Waals surface area contributed by atoms with Crippen LogP contribution in [-0.4, -0.2) is 45.6 Å². The third kappa shape index (κ3) is 2.36. The zero-order chi connectivity index (χ0) is 11.4. The van der Waals surface area contributed by atoms with E-state index in [0.717, 1.165) is 19.4 Å². The molecule has 5 heteroatoms. The molecule has 1 aliphatic rings. The Hall–Kier alpha value is -1.49. The molecule has 0 aliphatic carbocycles. The molecule has 2 rings (SSSR count). The van der Waals surface area contributed by atoms with E-state index in [2.05, 4.69) is 9.97 Å². The fourth-order valence-electron chi connectivity index (χ4n) is 1.97. The number of carbonyl (C=O) groups is 1. The topological polar surface area (TPSA) is 66.3 Å². The molecular weight excluding hydrogens is 206 g/mol. The van der Waals surface area contributed by atoms with Gasteiger partial charge in [0, 0.05) is 32.1 Å². The Labute approximate surface area is 94.1 Å². The van der Waals surface area contributed by atoms with Gasteiger partial charge < -0.3 is 10.0 Å². The summed E-state index contributed by atoms with van der Waals surface area (Å²) in [5, 5.41) is 9.10. The van der Waals surface area contributed by atoms with Gasteiger partial charge in [0.2, 0.25) is 0 Å². The summed E-state index contributed by atoms with van der Waals surface area (Å²) in [4.78, 5) is 21.6. The molecule has 1 fully saturated rings.